The van der Waals surface area contributed by atoms with Gasteiger partial charge in [0.15, 0.2) is 0 Å². The second-order valence-electron chi connectivity index (χ2n) is 8.64. The molecular weight excluding hydrogens is 460 g/mol. The van der Waals surface area contributed by atoms with Crippen LogP contribution in [0.4, 0.5) is 17.6 Å². The van der Waals surface area contributed by atoms with Crippen LogP contribution in [0, 0.1) is 11.7 Å². The van der Waals surface area contributed by atoms with Crippen molar-refractivity contribution in [2.45, 2.75) is 48.7 Å². The zero-order valence-electron chi connectivity index (χ0n) is 17.7. The van der Waals surface area contributed by atoms with Gasteiger partial charge in [0.05, 0.1) is 16.0 Å². The number of alkyl halides is 3. The van der Waals surface area contributed by atoms with Crippen LogP contribution in [0.2, 0.25) is 0 Å². The second kappa shape index (κ2) is 8.72. The molecule has 5 nitrogen and oxygen atoms in total. The van der Waals surface area contributed by atoms with Crippen molar-refractivity contribution < 1.29 is 30.8 Å². The fourth-order valence-corrected chi connectivity index (χ4v) is 5.98. The van der Waals surface area contributed by atoms with Crippen molar-refractivity contribution in [2.24, 2.45) is 5.92 Å². The molecule has 0 aromatic heterocycles. The predicted octanol–water partition coefficient (Wildman–Crippen LogP) is 4.44. The molecule has 2 fully saturated rings. The van der Waals surface area contributed by atoms with E-state index in [1.54, 1.807) is 12.1 Å². The quantitative estimate of drug-likeness (QED) is 0.638. The lowest BCUT2D eigenvalue weighted by atomic mass is 9.71. The van der Waals surface area contributed by atoms with E-state index in [1.165, 1.54) is 12.1 Å². The number of carbonyl (C=O) groups is 1. The summed E-state index contributed by atoms with van der Waals surface area (Å²) in [6.07, 6.45) is -1.68. The molecular formula is C23H24F4N2O3S. The van der Waals surface area contributed by atoms with Crippen molar-refractivity contribution in [3.8, 4) is 0 Å². The lowest BCUT2D eigenvalue weighted by Gasteiger charge is -2.44. The molecule has 178 valence electrons. The van der Waals surface area contributed by atoms with E-state index in [0.717, 1.165) is 47.3 Å². The summed E-state index contributed by atoms with van der Waals surface area (Å²) in [6, 6.07) is 9.73. The number of hydrogen-bond acceptors (Lipinski definition) is 3. The number of benzene rings is 2. The average molecular weight is 485 g/mol. The normalized spacial score (nSPS) is 19.6. The number of nitrogens with one attached hydrogen (secondary N) is 1. The van der Waals surface area contributed by atoms with E-state index in [9.17, 15) is 30.8 Å². The maximum Gasteiger partial charge on any atom is 0.416 e. The zero-order chi connectivity index (χ0) is 23.9. The number of piperidine rings is 1. The SMILES string of the molecule is O=C(NC1(c2ccc(F)cc2)CCC1)C1CCN(S(=O)(=O)c2cccc(C(F)(F)F)c2)CC1. The molecule has 2 aliphatic rings. The van der Waals surface area contributed by atoms with Crippen LogP contribution in [0.3, 0.4) is 0 Å². The third kappa shape index (κ3) is 4.77. The van der Waals surface area contributed by atoms with E-state index in [2.05, 4.69) is 5.32 Å². The molecule has 1 amide bonds. The number of nitrogens with zero attached hydrogens (tertiary/aromatic N) is 1. The van der Waals surface area contributed by atoms with Crippen LogP contribution in [0.25, 0.3) is 0 Å². The van der Waals surface area contributed by atoms with Crippen LogP contribution in [0.15, 0.2) is 53.4 Å². The second-order valence-corrected chi connectivity index (χ2v) is 10.6. The van der Waals surface area contributed by atoms with Gasteiger partial charge in [-0.05, 0) is 68.0 Å². The summed E-state index contributed by atoms with van der Waals surface area (Å²) in [6.45, 7) is 0.0838. The summed E-state index contributed by atoms with van der Waals surface area (Å²) in [7, 11) is -4.10. The number of hydrogen-bond donors (Lipinski definition) is 1. The third-order valence-corrected chi connectivity index (χ3v) is 8.48. The average Bonchev–Trinajstić information content (AvgIpc) is 2.76. The summed E-state index contributed by atoms with van der Waals surface area (Å²) in [5.41, 5.74) is -0.719. The number of carbonyl (C=O) groups excluding carboxylic acids is 1. The third-order valence-electron chi connectivity index (χ3n) is 6.59. The molecule has 33 heavy (non-hydrogen) atoms. The molecule has 1 aliphatic heterocycles. The van der Waals surface area contributed by atoms with E-state index in [1.807, 2.05) is 0 Å². The summed E-state index contributed by atoms with van der Waals surface area (Å²) < 4.78 is 79.1. The van der Waals surface area contributed by atoms with Gasteiger partial charge in [-0.2, -0.15) is 17.5 Å². The highest BCUT2D eigenvalue weighted by molar-refractivity contribution is 7.89. The van der Waals surface area contributed by atoms with E-state index in [-0.39, 0.29) is 37.7 Å². The Kier molecular flexibility index (Phi) is 6.26. The maximum atomic E-state index is 13.3. The van der Waals surface area contributed by atoms with E-state index >= 15 is 0 Å². The molecule has 0 unspecified atom stereocenters. The number of rotatable bonds is 5. The molecule has 0 atom stereocenters. The fourth-order valence-electron chi connectivity index (χ4n) is 4.46. The molecule has 10 heteroatoms. The molecule has 0 spiro atoms. The van der Waals surface area contributed by atoms with Crippen molar-refractivity contribution in [3.63, 3.8) is 0 Å². The first kappa shape index (κ1) is 23.7. The standard InChI is InChI=1S/C23H24F4N2O3S/c24-19-7-5-17(6-8-19)22(11-2-12-22)28-21(30)16-9-13-29(14-10-16)33(31,32)20-4-1-3-18(15-20)23(25,26)27/h1,3-8,15-16H,2,9-14H2,(H,28,30). The Morgan fingerprint density at radius 1 is 1.03 bits per heavy atom. The smallest absolute Gasteiger partial charge is 0.346 e. The lowest BCUT2D eigenvalue weighted by molar-refractivity contribution is -0.137. The van der Waals surface area contributed by atoms with Gasteiger partial charge in [0.1, 0.15) is 5.82 Å². The van der Waals surface area contributed by atoms with Crippen LogP contribution in [-0.2, 0) is 26.5 Å². The minimum atomic E-state index is -4.64. The Morgan fingerprint density at radius 3 is 2.21 bits per heavy atom. The monoisotopic (exact) mass is 484 g/mol. The highest BCUT2D eigenvalue weighted by atomic mass is 32.2. The van der Waals surface area contributed by atoms with Gasteiger partial charge in [-0.15, -0.1) is 0 Å². The molecule has 1 heterocycles. The van der Waals surface area contributed by atoms with Gasteiger partial charge in [-0.1, -0.05) is 18.2 Å². The zero-order valence-corrected chi connectivity index (χ0v) is 18.6. The van der Waals surface area contributed by atoms with Crippen molar-refractivity contribution in [3.05, 3.63) is 65.5 Å². The largest absolute Gasteiger partial charge is 0.416 e. The van der Waals surface area contributed by atoms with Crippen molar-refractivity contribution >= 4 is 15.9 Å². The van der Waals surface area contributed by atoms with Crippen LogP contribution in [-0.4, -0.2) is 31.7 Å². The molecule has 1 saturated carbocycles. The van der Waals surface area contributed by atoms with Gasteiger partial charge in [-0.3, -0.25) is 4.79 Å². The number of amides is 1. The molecule has 0 radical (unpaired) electrons. The Morgan fingerprint density at radius 2 is 1.67 bits per heavy atom. The lowest BCUT2D eigenvalue weighted by Crippen LogP contribution is -2.53. The molecule has 1 N–H and O–H groups in total. The van der Waals surface area contributed by atoms with E-state index < -0.39 is 38.1 Å². The minimum Gasteiger partial charge on any atom is -0.346 e. The summed E-state index contributed by atoms with van der Waals surface area (Å²) in [5.74, 6) is -0.945. The summed E-state index contributed by atoms with van der Waals surface area (Å²) in [4.78, 5) is 12.5. The minimum absolute atomic E-state index is 0.0419. The van der Waals surface area contributed by atoms with Crippen molar-refractivity contribution in [1.29, 1.82) is 0 Å². The van der Waals surface area contributed by atoms with Gasteiger partial charge in [0.25, 0.3) is 0 Å². The molecule has 0 bridgehead atoms. The van der Waals surface area contributed by atoms with Gasteiger partial charge >= 0.3 is 6.18 Å². The molecule has 2 aromatic carbocycles. The first-order valence-electron chi connectivity index (χ1n) is 10.8. The van der Waals surface area contributed by atoms with Crippen LogP contribution < -0.4 is 5.32 Å². The summed E-state index contributed by atoms with van der Waals surface area (Å²) in [5, 5.41) is 3.09. The Hall–Kier alpha value is -2.46. The first-order chi connectivity index (χ1) is 15.5. The Balaban J connectivity index is 1.41. The van der Waals surface area contributed by atoms with E-state index in [0.29, 0.717) is 6.07 Å². The highest BCUT2D eigenvalue weighted by Crippen LogP contribution is 2.42. The van der Waals surface area contributed by atoms with Crippen LogP contribution in [0.1, 0.15) is 43.2 Å². The van der Waals surface area contributed by atoms with Crippen LogP contribution >= 0.6 is 0 Å². The Labute approximate surface area is 189 Å². The summed E-state index contributed by atoms with van der Waals surface area (Å²) >= 11 is 0. The fraction of sp³-hybridized carbons (Fsp3) is 0.435. The Bertz CT molecular complexity index is 1120. The van der Waals surface area contributed by atoms with E-state index in [4.69, 9.17) is 0 Å². The van der Waals surface area contributed by atoms with Crippen LogP contribution in [0.5, 0.6) is 0 Å². The highest BCUT2D eigenvalue weighted by Gasteiger charge is 2.42. The van der Waals surface area contributed by atoms with Crippen molar-refractivity contribution in [1.82, 2.24) is 9.62 Å². The molecule has 4 rings (SSSR count). The van der Waals surface area contributed by atoms with Gasteiger partial charge in [-0.25, -0.2) is 12.8 Å². The number of sulfonamides is 1. The van der Waals surface area contributed by atoms with Gasteiger partial charge < -0.3 is 5.32 Å². The maximum absolute atomic E-state index is 13.3. The molecule has 1 saturated heterocycles. The molecule has 2 aromatic rings. The first-order valence-corrected chi connectivity index (χ1v) is 12.2. The topological polar surface area (TPSA) is 66.5 Å². The molecule has 1 aliphatic carbocycles. The van der Waals surface area contributed by atoms with Crippen molar-refractivity contribution in [2.75, 3.05) is 13.1 Å². The van der Waals surface area contributed by atoms with Gasteiger partial charge in [0.2, 0.25) is 15.9 Å². The number of halogens is 4. The van der Waals surface area contributed by atoms with Gasteiger partial charge in [0, 0.05) is 19.0 Å². The predicted molar refractivity (Wildman–Crippen MR) is 113 cm³/mol.